The van der Waals surface area contributed by atoms with Crippen molar-refractivity contribution in [1.82, 2.24) is 9.97 Å². The number of benzene rings is 6. The predicted octanol–water partition coefficient (Wildman–Crippen LogP) is 12.2. The second-order valence-electron chi connectivity index (χ2n) is 13.7. The molecule has 6 heterocycles. The molecule has 2 aliphatic heterocycles. The zero-order chi connectivity index (χ0) is 34.7. The van der Waals surface area contributed by atoms with E-state index < -0.39 is 5.41 Å². The highest BCUT2D eigenvalue weighted by Gasteiger charge is 2.50. The number of rotatable bonds is 2. The third kappa shape index (κ3) is 3.81. The summed E-state index contributed by atoms with van der Waals surface area (Å²) in [6.45, 7) is 0. The van der Waals surface area contributed by atoms with Crippen molar-refractivity contribution < 1.29 is 18.3 Å². The molecule has 10 aromatic rings. The van der Waals surface area contributed by atoms with Crippen LogP contribution in [0.4, 0.5) is 0 Å². The molecule has 248 valence electrons. The second kappa shape index (κ2) is 10.4. The van der Waals surface area contributed by atoms with Gasteiger partial charge in [-0.15, -0.1) is 0 Å². The first kappa shape index (κ1) is 28.5. The fraction of sp³-hybridized carbons (Fsp3) is 0.0213. The van der Waals surface area contributed by atoms with Gasteiger partial charge in [0.2, 0.25) is 0 Å². The SMILES string of the molecule is c1ccc2c(c1)Oc1cc(-c3cccc4oc5ccncc5c34)ccc1C21c2ccccc2Oc2cc(-c3cccc4oc5ccncc5c34)ccc21. The Morgan fingerprint density at radius 2 is 0.868 bits per heavy atom. The molecule has 0 saturated carbocycles. The number of fused-ring (bicyclic) bond motifs is 14. The van der Waals surface area contributed by atoms with E-state index >= 15 is 0 Å². The third-order valence-electron chi connectivity index (χ3n) is 11.0. The van der Waals surface area contributed by atoms with Crippen LogP contribution in [0.5, 0.6) is 23.0 Å². The van der Waals surface area contributed by atoms with Crippen LogP contribution in [0.2, 0.25) is 0 Å². The van der Waals surface area contributed by atoms with E-state index in [1.165, 1.54) is 0 Å². The zero-order valence-corrected chi connectivity index (χ0v) is 28.0. The van der Waals surface area contributed by atoms with Crippen LogP contribution in [0.15, 0.2) is 167 Å². The molecule has 0 N–H and O–H groups in total. The van der Waals surface area contributed by atoms with Gasteiger partial charge in [0, 0.05) is 68.6 Å². The molecular weight excluding hydrogens is 657 g/mol. The average molecular weight is 683 g/mol. The first-order valence-electron chi connectivity index (χ1n) is 17.6. The van der Waals surface area contributed by atoms with Crippen molar-refractivity contribution in [1.29, 1.82) is 0 Å². The van der Waals surface area contributed by atoms with Crippen molar-refractivity contribution >= 4 is 43.9 Å². The zero-order valence-electron chi connectivity index (χ0n) is 28.0. The number of hydrogen-bond acceptors (Lipinski definition) is 6. The van der Waals surface area contributed by atoms with Crippen LogP contribution in [-0.2, 0) is 5.41 Å². The fourth-order valence-corrected chi connectivity index (χ4v) is 8.83. The topological polar surface area (TPSA) is 70.5 Å². The maximum Gasteiger partial charge on any atom is 0.138 e. The van der Waals surface area contributed by atoms with Gasteiger partial charge in [-0.1, -0.05) is 84.9 Å². The molecule has 0 unspecified atom stereocenters. The van der Waals surface area contributed by atoms with Crippen molar-refractivity contribution in [3.63, 3.8) is 0 Å². The van der Waals surface area contributed by atoms with Gasteiger partial charge in [0.25, 0.3) is 0 Å². The smallest absolute Gasteiger partial charge is 0.138 e. The van der Waals surface area contributed by atoms with E-state index in [-0.39, 0.29) is 0 Å². The molecule has 0 aliphatic carbocycles. The largest absolute Gasteiger partial charge is 0.457 e. The summed E-state index contributed by atoms with van der Waals surface area (Å²) >= 11 is 0. The second-order valence-corrected chi connectivity index (χ2v) is 13.7. The summed E-state index contributed by atoms with van der Waals surface area (Å²) in [5.41, 5.74) is 10.9. The van der Waals surface area contributed by atoms with Crippen molar-refractivity contribution in [2.24, 2.45) is 0 Å². The Labute approximate surface area is 302 Å². The first-order valence-corrected chi connectivity index (χ1v) is 17.6. The highest BCUT2D eigenvalue weighted by molar-refractivity contribution is 6.13. The van der Waals surface area contributed by atoms with Gasteiger partial charge in [0.15, 0.2) is 0 Å². The molecule has 0 fully saturated rings. The van der Waals surface area contributed by atoms with Crippen LogP contribution < -0.4 is 9.47 Å². The molecule has 0 radical (unpaired) electrons. The molecule has 12 rings (SSSR count). The van der Waals surface area contributed by atoms with Gasteiger partial charge < -0.3 is 18.3 Å². The predicted molar refractivity (Wildman–Crippen MR) is 206 cm³/mol. The number of nitrogens with zero attached hydrogens (tertiary/aromatic N) is 2. The number of furan rings is 2. The minimum Gasteiger partial charge on any atom is -0.457 e. The Balaban J connectivity index is 1.11. The molecule has 4 aromatic heterocycles. The number of aromatic nitrogens is 2. The molecule has 6 heteroatoms. The summed E-state index contributed by atoms with van der Waals surface area (Å²) in [6.07, 6.45) is 7.28. The molecule has 0 amide bonds. The van der Waals surface area contributed by atoms with Crippen LogP contribution in [0.1, 0.15) is 22.3 Å². The van der Waals surface area contributed by atoms with Crippen molar-refractivity contribution in [3.8, 4) is 45.3 Å². The molecule has 6 aromatic carbocycles. The summed E-state index contributed by atoms with van der Waals surface area (Å²) in [5.74, 6) is 3.19. The lowest BCUT2D eigenvalue weighted by atomic mass is 9.62. The van der Waals surface area contributed by atoms with Crippen molar-refractivity contribution in [2.45, 2.75) is 5.41 Å². The van der Waals surface area contributed by atoms with Gasteiger partial charge in [0.05, 0.1) is 5.41 Å². The van der Waals surface area contributed by atoms with Gasteiger partial charge in [-0.25, -0.2) is 0 Å². The highest BCUT2D eigenvalue weighted by atomic mass is 16.5. The Hall–Kier alpha value is -7.18. The number of ether oxygens (including phenoxy) is 2. The van der Waals surface area contributed by atoms with Crippen LogP contribution in [-0.4, -0.2) is 9.97 Å². The van der Waals surface area contributed by atoms with E-state index in [1.807, 2.05) is 60.9 Å². The molecule has 1 spiro atoms. The minimum atomic E-state index is -0.720. The summed E-state index contributed by atoms with van der Waals surface area (Å²) in [4.78, 5) is 8.82. The Kier molecular flexibility index (Phi) is 5.61. The third-order valence-corrected chi connectivity index (χ3v) is 11.0. The first-order chi connectivity index (χ1) is 26.3. The average Bonchev–Trinajstić information content (AvgIpc) is 3.79. The molecule has 0 bridgehead atoms. The lowest BCUT2D eigenvalue weighted by Gasteiger charge is -2.45. The quantitative estimate of drug-likeness (QED) is 0.181. The molecule has 2 aliphatic rings. The Morgan fingerprint density at radius 3 is 1.38 bits per heavy atom. The summed E-state index contributed by atoms with van der Waals surface area (Å²) in [5, 5.41) is 4.04. The highest BCUT2D eigenvalue weighted by Crippen LogP contribution is 2.62. The maximum absolute atomic E-state index is 6.86. The van der Waals surface area contributed by atoms with E-state index in [0.29, 0.717) is 0 Å². The molecule has 0 saturated heterocycles. The molecule has 53 heavy (non-hydrogen) atoms. The lowest BCUT2D eigenvalue weighted by Crippen LogP contribution is -2.36. The standard InChI is InChI=1S/C47H26N2O4/c1-3-11-39-33(9-1)47(35-17-15-27(23-43(35)52-39)29-7-5-13-41-45(29)31-25-48-21-19-37(31)50-41)34-10-2-4-12-40(34)53-44-24-28(16-18-36(44)47)30-8-6-14-42-46(30)32-26-49-22-20-38(32)51-42/h1-26H. The van der Waals surface area contributed by atoms with Gasteiger partial charge >= 0.3 is 0 Å². The minimum absolute atomic E-state index is 0.720. The van der Waals surface area contributed by atoms with E-state index in [1.54, 1.807) is 12.4 Å². The van der Waals surface area contributed by atoms with Crippen molar-refractivity contribution in [3.05, 3.63) is 181 Å². The Bertz CT molecular complexity index is 2940. The van der Waals surface area contributed by atoms with Crippen LogP contribution >= 0.6 is 0 Å². The lowest BCUT2D eigenvalue weighted by molar-refractivity contribution is 0.399. The van der Waals surface area contributed by atoms with E-state index in [2.05, 4.69) is 94.9 Å². The van der Waals surface area contributed by atoms with Gasteiger partial charge in [-0.3, -0.25) is 9.97 Å². The van der Waals surface area contributed by atoms with Gasteiger partial charge in [-0.05, 0) is 70.8 Å². The molecular formula is C47H26N2O4. The Morgan fingerprint density at radius 1 is 0.396 bits per heavy atom. The van der Waals surface area contributed by atoms with Crippen LogP contribution in [0.3, 0.4) is 0 Å². The normalized spacial score (nSPS) is 13.7. The van der Waals surface area contributed by atoms with Crippen molar-refractivity contribution in [2.75, 3.05) is 0 Å². The summed E-state index contributed by atoms with van der Waals surface area (Å²) < 4.78 is 26.2. The van der Waals surface area contributed by atoms with E-state index in [0.717, 1.165) is 111 Å². The maximum atomic E-state index is 6.86. The van der Waals surface area contributed by atoms with Crippen LogP contribution in [0.25, 0.3) is 66.1 Å². The monoisotopic (exact) mass is 682 g/mol. The summed E-state index contributed by atoms with van der Waals surface area (Å²) in [6, 6.07) is 46.1. The summed E-state index contributed by atoms with van der Waals surface area (Å²) in [7, 11) is 0. The molecule has 6 nitrogen and oxygen atoms in total. The number of hydrogen-bond donors (Lipinski definition) is 0. The molecule has 0 atom stereocenters. The number of para-hydroxylation sites is 2. The van der Waals surface area contributed by atoms with E-state index in [4.69, 9.17) is 18.3 Å². The fourth-order valence-electron chi connectivity index (χ4n) is 8.83. The van der Waals surface area contributed by atoms with E-state index in [9.17, 15) is 0 Å². The van der Waals surface area contributed by atoms with Gasteiger partial charge in [-0.2, -0.15) is 0 Å². The van der Waals surface area contributed by atoms with Gasteiger partial charge in [0.1, 0.15) is 45.3 Å². The number of pyridine rings is 2. The van der Waals surface area contributed by atoms with Crippen LogP contribution in [0, 0.1) is 0 Å².